The Bertz CT molecular complexity index is 453. The number of aliphatic carboxylic acids is 1. The van der Waals surface area contributed by atoms with Crippen LogP contribution in [0.1, 0.15) is 59.3 Å². The Balaban J connectivity index is 1.68. The predicted molar refractivity (Wildman–Crippen MR) is 90.9 cm³/mol. The molecule has 1 saturated heterocycles. The van der Waals surface area contributed by atoms with Crippen molar-refractivity contribution in [1.29, 1.82) is 0 Å². The van der Waals surface area contributed by atoms with E-state index < -0.39 is 11.6 Å². The first-order valence-corrected chi connectivity index (χ1v) is 9.20. The fourth-order valence-electron chi connectivity index (χ4n) is 3.37. The summed E-state index contributed by atoms with van der Waals surface area (Å²) in [6.07, 6.45) is 4.99. The van der Waals surface area contributed by atoms with Crippen molar-refractivity contribution in [2.45, 2.75) is 77.0 Å². The van der Waals surface area contributed by atoms with Crippen molar-refractivity contribution >= 4 is 11.9 Å². The number of rotatable bonds is 7. The molecule has 25 heavy (non-hydrogen) atoms. The Labute approximate surface area is 149 Å². The van der Waals surface area contributed by atoms with Crippen LogP contribution in [-0.2, 0) is 23.9 Å². The van der Waals surface area contributed by atoms with Gasteiger partial charge in [-0.25, -0.2) is 4.79 Å². The Hall–Kier alpha value is -1.18. The van der Waals surface area contributed by atoms with E-state index in [1.807, 2.05) is 25.8 Å². The monoisotopic (exact) mass is 357 g/mol. The van der Waals surface area contributed by atoms with Gasteiger partial charge in [0, 0.05) is 6.54 Å². The standard InChI is InChI=1S/C18H31NO6/c1-18(2,3)24-16(20)12-23-11-14-5-4-10-19(14)25-15-8-6-13(7-9-15)17(21)22/h13-15H,4-12H2,1-3H3,(H,21,22)/t13?,14-,15?/m0/s1. The van der Waals surface area contributed by atoms with E-state index >= 15 is 0 Å². The van der Waals surface area contributed by atoms with Gasteiger partial charge in [-0.05, 0) is 59.3 Å². The zero-order chi connectivity index (χ0) is 18.4. The lowest BCUT2D eigenvalue weighted by molar-refractivity contribution is -0.222. The molecule has 144 valence electrons. The summed E-state index contributed by atoms with van der Waals surface area (Å²) in [7, 11) is 0. The fourth-order valence-corrected chi connectivity index (χ4v) is 3.37. The summed E-state index contributed by atoms with van der Waals surface area (Å²) in [5.41, 5.74) is -0.502. The number of carbonyl (C=O) groups is 2. The average Bonchev–Trinajstić information content (AvgIpc) is 2.93. The lowest BCUT2D eigenvalue weighted by Gasteiger charge is -2.32. The van der Waals surface area contributed by atoms with Crippen LogP contribution in [0.25, 0.3) is 0 Å². The minimum absolute atomic E-state index is 0.0503. The molecule has 7 nitrogen and oxygen atoms in total. The molecule has 7 heteroatoms. The number of nitrogens with zero attached hydrogens (tertiary/aromatic N) is 1. The van der Waals surface area contributed by atoms with Gasteiger partial charge in [0.2, 0.25) is 0 Å². The van der Waals surface area contributed by atoms with Crippen molar-refractivity contribution in [3.63, 3.8) is 0 Å². The predicted octanol–water partition coefficient (Wildman–Crippen LogP) is 2.38. The highest BCUT2D eigenvalue weighted by atomic mass is 16.7. The van der Waals surface area contributed by atoms with Crippen molar-refractivity contribution in [3.8, 4) is 0 Å². The number of hydrogen-bond acceptors (Lipinski definition) is 6. The Morgan fingerprint density at radius 1 is 1.12 bits per heavy atom. The van der Waals surface area contributed by atoms with Crippen LogP contribution in [0, 0.1) is 5.92 Å². The van der Waals surface area contributed by atoms with Crippen LogP contribution < -0.4 is 0 Å². The molecule has 1 saturated carbocycles. The van der Waals surface area contributed by atoms with Gasteiger partial charge < -0.3 is 14.6 Å². The quantitative estimate of drug-likeness (QED) is 0.700. The summed E-state index contributed by atoms with van der Waals surface area (Å²) in [6, 6.07) is 0.139. The lowest BCUT2D eigenvalue weighted by Crippen LogP contribution is -2.39. The number of carbonyl (C=O) groups excluding carboxylic acids is 1. The number of hydroxylamine groups is 2. The first kappa shape index (κ1) is 20.1. The maximum atomic E-state index is 11.7. The van der Waals surface area contributed by atoms with E-state index in [4.69, 9.17) is 19.4 Å². The topological polar surface area (TPSA) is 85.3 Å². The molecule has 0 aromatic carbocycles. The Kier molecular flexibility index (Phi) is 7.22. The van der Waals surface area contributed by atoms with Crippen LogP contribution in [0.15, 0.2) is 0 Å². The summed E-state index contributed by atoms with van der Waals surface area (Å²) < 4.78 is 10.7. The molecular weight excluding hydrogens is 326 g/mol. The molecule has 1 atom stereocenters. The van der Waals surface area contributed by atoms with Crippen molar-refractivity contribution in [2.75, 3.05) is 19.8 Å². The molecule has 0 aromatic rings. The van der Waals surface area contributed by atoms with Crippen LogP contribution in [-0.4, -0.2) is 59.6 Å². The van der Waals surface area contributed by atoms with E-state index in [0.29, 0.717) is 19.4 Å². The van der Waals surface area contributed by atoms with Gasteiger partial charge in [0.05, 0.1) is 24.7 Å². The minimum atomic E-state index is -0.701. The molecule has 0 amide bonds. The molecule has 1 heterocycles. The third-order valence-corrected chi connectivity index (χ3v) is 4.58. The van der Waals surface area contributed by atoms with E-state index in [2.05, 4.69) is 0 Å². The fraction of sp³-hybridized carbons (Fsp3) is 0.889. The molecule has 0 aromatic heterocycles. The zero-order valence-electron chi connectivity index (χ0n) is 15.5. The number of esters is 1. The largest absolute Gasteiger partial charge is 0.481 e. The van der Waals surface area contributed by atoms with Crippen molar-refractivity contribution in [1.82, 2.24) is 5.06 Å². The Morgan fingerprint density at radius 3 is 2.40 bits per heavy atom. The third-order valence-electron chi connectivity index (χ3n) is 4.58. The van der Waals surface area contributed by atoms with Crippen LogP contribution >= 0.6 is 0 Å². The first-order chi connectivity index (χ1) is 11.7. The molecule has 1 aliphatic carbocycles. The van der Waals surface area contributed by atoms with Crippen molar-refractivity contribution in [3.05, 3.63) is 0 Å². The normalized spacial score (nSPS) is 28.0. The molecular formula is C18H31NO6. The molecule has 2 aliphatic rings. The van der Waals surface area contributed by atoms with Gasteiger partial charge >= 0.3 is 11.9 Å². The molecule has 1 aliphatic heterocycles. The highest BCUT2D eigenvalue weighted by Gasteiger charge is 2.32. The highest BCUT2D eigenvalue weighted by molar-refractivity contribution is 5.71. The minimum Gasteiger partial charge on any atom is -0.481 e. The van der Waals surface area contributed by atoms with Crippen LogP contribution in [0.2, 0.25) is 0 Å². The summed E-state index contributed by atoms with van der Waals surface area (Å²) in [4.78, 5) is 28.8. The van der Waals surface area contributed by atoms with Crippen LogP contribution in [0.5, 0.6) is 0 Å². The van der Waals surface area contributed by atoms with E-state index in [1.165, 1.54) is 0 Å². The van der Waals surface area contributed by atoms with Gasteiger partial charge in [0.1, 0.15) is 12.2 Å². The highest BCUT2D eigenvalue weighted by Crippen LogP contribution is 2.29. The summed E-state index contributed by atoms with van der Waals surface area (Å²) >= 11 is 0. The maximum absolute atomic E-state index is 11.7. The molecule has 2 rings (SSSR count). The summed E-state index contributed by atoms with van der Waals surface area (Å²) in [5, 5.41) is 11.0. The van der Waals surface area contributed by atoms with Crippen LogP contribution in [0.4, 0.5) is 0 Å². The maximum Gasteiger partial charge on any atom is 0.332 e. The van der Waals surface area contributed by atoms with Gasteiger partial charge in [-0.3, -0.25) is 9.63 Å². The third kappa shape index (κ3) is 6.92. The van der Waals surface area contributed by atoms with Gasteiger partial charge in [-0.1, -0.05) is 0 Å². The number of ether oxygens (including phenoxy) is 2. The van der Waals surface area contributed by atoms with E-state index in [-0.39, 0.29) is 30.6 Å². The zero-order valence-corrected chi connectivity index (χ0v) is 15.5. The SMILES string of the molecule is CC(C)(C)OC(=O)COC[C@@H]1CCCN1OC1CCC(C(=O)O)CC1. The molecule has 0 spiro atoms. The van der Waals surface area contributed by atoms with Gasteiger partial charge in [-0.2, -0.15) is 5.06 Å². The van der Waals surface area contributed by atoms with Gasteiger partial charge in [0.15, 0.2) is 0 Å². The van der Waals surface area contributed by atoms with Gasteiger partial charge in [-0.15, -0.1) is 0 Å². The van der Waals surface area contributed by atoms with Gasteiger partial charge in [0.25, 0.3) is 0 Å². The second-order valence-corrected chi connectivity index (χ2v) is 7.96. The van der Waals surface area contributed by atoms with E-state index in [1.54, 1.807) is 0 Å². The summed E-state index contributed by atoms with van der Waals surface area (Å²) in [5.74, 6) is -1.29. The molecule has 0 unspecified atom stereocenters. The second kappa shape index (κ2) is 8.96. The Morgan fingerprint density at radius 2 is 1.80 bits per heavy atom. The molecule has 0 bridgehead atoms. The van der Waals surface area contributed by atoms with E-state index in [0.717, 1.165) is 32.2 Å². The van der Waals surface area contributed by atoms with Crippen LogP contribution in [0.3, 0.4) is 0 Å². The molecule has 1 N–H and O–H groups in total. The average molecular weight is 357 g/mol. The summed E-state index contributed by atoms with van der Waals surface area (Å²) in [6.45, 7) is 6.72. The second-order valence-electron chi connectivity index (χ2n) is 7.96. The van der Waals surface area contributed by atoms with E-state index in [9.17, 15) is 9.59 Å². The number of carboxylic acid groups (broad SMARTS) is 1. The number of carboxylic acids is 1. The number of hydrogen-bond donors (Lipinski definition) is 1. The smallest absolute Gasteiger partial charge is 0.332 e. The first-order valence-electron chi connectivity index (χ1n) is 9.20. The molecule has 0 radical (unpaired) electrons. The van der Waals surface area contributed by atoms with Crippen molar-refractivity contribution < 1.29 is 29.0 Å². The lowest BCUT2D eigenvalue weighted by atomic mass is 9.88. The molecule has 2 fully saturated rings. The van der Waals surface area contributed by atoms with Crippen molar-refractivity contribution in [2.24, 2.45) is 5.92 Å².